The summed E-state index contributed by atoms with van der Waals surface area (Å²) < 4.78 is 26.1. The molecule has 0 aliphatic carbocycles. The van der Waals surface area contributed by atoms with Crippen molar-refractivity contribution in [3.05, 3.63) is 113 Å². The number of Topliss-reactive ketones (excluding diaryl/α,β-unsaturated/α-hetero) is 1. The first kappa shape index (κ1) is 22.8. The van der Waals surface area contributed by atoms with Gasteiger partial charge in [0.05, 0.1) is 5.56 Å². The molecule has 184 valence electrons. The number of hydrogen-bond donors (Lipinski definition) is 0. The van der Waals surface area contributed by atoms with Crippen LogP contribution in [0.3, 0.4) is 0 Å². The number of carbonyl (C=O) groups excluding carboxylic acids is 2. The van der Waals surface area contributed by atoms with Crippen LogP contribution in [-0.2, 0) is 28.8 Å². The van der Waals surface area contributed by atoms with Crippen LogP contribution < -0.4 is 18.8 Å². The number of aromatic nitrogens is 1. The lowest BCUT2D eigenvalue weighted by Crippen LogP contribution is -2.33. The van der Waals surface area contributed by atoms with Gasteiger partial charge in [-0.25, -0.2) is 9.36 Å². The number of hydrogen-bond acceptors (Lipinski definition) is 6. The van der Waals surface area contributed by atoms with Crippen molar-refractivity contribution in [3.8, 4) is 23.0 Å². The smallest absolute Gasteiger partial charge is 0.340 e. The Hall–Kier alpha value is -4.65. The minimum Gasteiger partial charge on any atom is -0.489 e. The van der Waals surface area contributed by atoms with E-state index in [1.165, 1.54) is 6.92 Å². The van der Waals surface area contributed by atoms with Crippen LogP contribution in [0.25, 0.3) is 0 Å². The zero-order chi connectivity index (χ0) is 25.6. The molecule has 1 unspecified atom stereocenters. The molecule has 4 aromatic rings. The fraction of sp³-hybridized carbons (Fsp3) is 0.167. The van der Waals surface area contributed by atoms with Crippen molar-refractivity contribution in [2.45, 2.75) is 19.1 Å². The van der Waals surface area contributed by atoms with Crippen molar-refractivity contribution in [1.29, 1.82) is 0 Å². The Morgan fingerprint density at radius 1 is 0.865 bits per heavy atom. The van der Waals surface area contributed by atoms with E-state index in [0.717, 1.165) is 11.1 Å². The molecule has 0 amide bonds. The van der Waals surface area contributed by atoms with Crippen LogP contribution in [0.2, 0.25) is 0 Å². The molecule has 0 saturated heterocycles. The molecule has 0 N–H and O–H groups in total. The third-order valence-corrected chi connectivity index (χ3v) is 6.55. The van der Waals surface area contributed by atoms with Gasteiger partial charge < -0.3 is 18.9 Å². The highest BCUT2D eigenvalue weighted by Crippen LogP contribution is 2.57. The molecule has 37 heavy (non-hydrogen) atoms. The highest BCUT2D eigenvalue weighted by Gasteiger charge is 2.53. The summed E-state index contributed by atoms with van der Waals surface area (Å²) in [5.41, 5.74) is 2.49. The first-order chi connectivity index (χ1) is 17.9. The highest BCUT2D eigenvalue weighted by molar-refractivity contribution is 5.97. The van der Waals surface area contributed by atoms with Crippen LogP contribution in [-0.4, -0.2) is 18.4 Å². The van der Waals surface area contributed by atoms with Gasteiger partial charge in [0, 0.05) is 46.5 Å². The van der Waals surface area contributed by atoms with Gasteiger partial charge in [0.1, 0.15) is 43.3 Å². The van der Waals surface area contributed by atoms with E-state index in [1.54, 1.807) is 24.3 Å². The molecule has 1 aromatic heterocycles. The molecule has 1 atom stereocenters. The van der Waals surface area contributed by atoms with Crippen LogP contribution in [0.15, 0.2) is 85.2 Å². The zero-order valence-electron chi connectivity index (χ0n) is 20.4. The van der Waals surface area contributed by atoms with E-state index in [9.17, 15) is 9.59 Å². The number of aryl methyl sites for hydroxylation is 1. The van der Waals surface area contributed by atoms with Crippen molar-refractivity contribution in [2.24, 2.45) is 7.05 Å². The van der Waals surface area contributed by atoms with Crippen molar-refractivity contribution in [1.82, 2.24) is 0 Å². The summed E-state index contributed by atoms with van der Waals surface area (Å²) in [6, 6.07) is 22.2. The molecule has 3 aromatic carbocycles. The quantitative estimate of drug-likeness (QED) is 0.288. The van der Waals surface area contributed by atoms with Crippen molar-refractivity contribution < 1.29 is 33.1 Å². The van der Waals surface area contributed by atoms with Gasteiger partial charge in [-0.05, 0) is 37.3 Å². The van der Waals surface area contributed by atoms with E-state index in [0.29, 0.717) is 46.3 Å². The lowest BCUT2D eigenvalue weighted by Gasteiger charge is -2.36. The summed E-state index contributed by atoms with van der Waals surface area (Å²) >= 11 is 0. The average molecular weight is 495 g/mol. The van der Waals surface area contributed by atoms with Crippen molar-refractivity contribution >= 4 is 11.8 Å². The van der Waals surface area contributed by atoms with E-state index in [-0.39, 0.29) is 12.4 Å². The maximum absolute atomic E-state index is 13.0. The molecule has 0 saturated carbocycles. The Morgan fingerprint density at radius 2 is 1.51 bits per heavy atom. The minimum atomic E-state index is -1.18. The predicted molar refractivity (Wildman–Crippen MR) is 133 cm³/mol. The number of ether oxygens (including phenoxy) is 4. The second kappa shape index (κ2) is 8.78. The number of fused-ring (bicyclic) bond motifs is 6. The van der Waals surface area contributed by atoms with E-state index in [4.69, 9.17) is 18.9 Å². The molecule has 1 spiro atoms. The van der Waals surface area contributed by atoms with Crippen molar-refractivity contribution in [2.75, 3.05) is 6.61 Å². The Bertz CT molecular complexity index is 1540. The molecule has 7 nitrogen and oxygen atoms in total. The number of nitrogens with zero attached hydrogens (tertiary/aromatic N) is 1. The van der Waals surface area contributed by atoms with Crippen LogP contribution >= 0.6 is 0 Å². The summed E-state index contributed by atoms with van der Waals surface area (Å²) in [4.78, 5) is 24.4. The largest absolute Gasteiger partial charge is 0.489 e. The number of carbonyl (C=O) groups is 2. The van der Waals surface area contributed by atoms with Crippen LogP contribution in [0.1, 0.15) is 39.5 Å². The van der Waals surface area contributed by atoms with Gasteiger partial charge in [-0.2, -0.15) is 0 Å². The number of benzene rings is 3. The van der Waals surface area contributed by atoms with Crippen molar-refractivity contribution in [3.63, 3.8) is 0 Å². The van der Waals surface area contributed by atoms with E-state index < -0.39 is 11.6 Å². The number of rotatable bonds is 6. The van der Waals surface area contributed by atoms with E-state index in [1.807, 2.05) is 72.5 Å². The van der Waals surface area contributed by atoms with Crippen LogP contribution in [0.4, 0.5) is 0 Å². The topological polar surface area (TPSA) is 74.9 Å². The summed E-state index contributed by atoms with van der Waals surface area (Å²) in [7, 11) is 1.96. The Morgan fingerprint density at radius 3 is 2.19 bits per heavy atom. The SMILES string of the molecule is CC(=O)COc1ccc2c(c1)Oc1cc(OCc3cc[n+](C)cc3)ccc1C21OC(=O)c2ccccc21. The number of pyridine rings is 1. The molecule has 3 heterocycles. The number of ketones is 1. The molecular formula is C30H24NO6+. The van der Waals surface area contributed by atoms with Gasteiger partial charge in [-0.1, -0.05) is 18.2 Å². The summed E-state index contributed by atoms with van der Waals surface area (Å²) in [6.45, 7) is 1.81. The highest BCUT2D eigenvalue weighted by atomic mass is 16.6. The van der Waals surface area contributed by atoms with Crippen LogP contribution in [0, 0.1) is 0 Å². The number of esters is 1. The van der Waals surface area contributed by atoms with Gasteiger partial charge >= 0.3 is 5.97 Å². The molecule has 0 bridgehead atoms. The second-order valence-electron chi connectivity index (χ2n) is 9.19. The Balaban J connectivity index is 1.43. The average Bonchev–Trinajstić information content (AvgIpc) is 3.19. The van der Waals surface area contributed by atoms with Gasteiger partial charge in [0.15, 0.2) is 23.8 Å². The normalized spacial score (nSPS) is 16.8. The molecule has 2 aliphatic heterocycles. The third kappa shape index (κ3) is 3.89. The lowest BCUT2D eigenvalue weighted by molar-refractivity contribution is -0.671. The van der Waals surface area contributed by atoms with Gasteiger partial charge in [-0.15, -0.1) is 0 Å². The lowest BCUT2D eigenvalue weighted by atomic mass is 9.77. The fourth-order valence-electron chi connectivity index (χ4n) is 4.80. The minimum absolute atomic E-state index is 0.0478. The monoisotopic (exact) mass is 494 g/mol. The Labute approximate surface area is 213 Å². The molecular weight excluding hydrogens is 470 g/mol. The zero-order valence-corrected chi connectivity index (χ0v) is 20.4. The van der Waals surface area contributed by atoms with Crippen LogP contribution in [0.5, 0.6) is 23.0 Å². The predicted octanol–water partition coefficient (Wildman–Crippen LogP) is 4.63. The van der Waals surface area contributed by atoms with E-state index in [2.05, 4.69) is 0 Å². The van der Waals surface area contributed by atoms with Gasteiger partial charge in [-0.3, -0.25) is 4.79 Å². The van der Waals surface area contributed by atoms with Gasteiger partial charge in [0.25, 0.3) is 0 Å². The molecule has 6 rings (SSSR count). The standard InChI is InChI=1S/C30H24NO6/c1-19(32)17-34-21-7-9-25-27(15-21)36-28-16-22(35-18-20-11-13-31(2)14-12-20)8-10-26(28)30(25)24-6-4-3-5-23(24)29(33)37-30/h3-16H,17-18H2,1-2H3/q+1. The third-order valence-electron chi connectivity index (χ3n) is 6.55. The molecule has 7 heteroatoms. The fourth-order valence-corrected chi connectivity index (χ4v) is 4.80. The molecule has 0 fully saturated rings. The van der Waals surface area contributed by atoms with E-state index >= 15 is 0 Å². The molecule has 2 aliphatic rings. The summed E-state index contributed by atoms with van der Waals surface area (Å²) in [5, 5.41) is 0. The summed E-state index contributed by atoms with van der Waals surface area (Å²) in [6.07, 6.45) is 3.93. The first-order valence-electron chi connectivity index (χ1n) is 11.9. The Kier molecular flexibility index (Phi) is 5.41. The maximum atomic E-state index is 13.0. The second-order valence-corrected chi connectivity index (χ2v) is 9.19. The van der Waals surface area contributed by atoms with Gasteiger partial charge in [0.2, 0.25) is 0 Å². The molecule has 0 radical (unpaired) electrons. The maximum Gasteiger partial charge on any atom is 0.340 e. The first-order valence-corrected chi connectivity index (χ1v) is 11.9. The summed E-state index contributed by atoms with van der Waals surface area (Å²) in [5.74, 6) is 1.60.